The van der Waals surface area contributed by atoms with Crippen molar-refractivity contribution in [2.45, 2.75) is 57.5 Å². The van der Waals surface area contributed by atoms with E-state index >= 15 is 0 Å². The molecule has 2 fully saturated rings. The number of aromatic amines is 1. The summed E-state index contributed by atoms with van der Waals surface area (Å²) in [6, 6.07) is 4.34. The van der Waals surface area contributed by atoms with Crippen molar-refractivity contribution in [1.29, 1.82) is 0 Å². The first-order chi connectivity index (χ1) is 14.2. The molecule has 7 nitrogen and oxygen atoms in total. The zero-order valence-electron chi connectivity index (χ0n) is 16.4. The molecule has 1 aliphatic carbocycles. The maximum atomic E-state index is 13.5. The minimum Gasteiger partial charge on any atom is -0.340 e. The van der Waals surface area contributed by atoms with Crippen molar-refractivity contribution in [2.75, 3.05) is 6.54 Å². The molecule has 0 unspecified atom stereocenters. The first-order valence-corrected chi connectivity index (χ1v) is 10.5. The summed E-state index contributed by atoms with van der Waals surface area (Å²) in [6.45, 7) is 1.49. The van der Waals surface area contributed by atoms with Crippen LogP contribution >= 0.6 is 0 Å². The monoisotopic (exact) mass is 396 g/mol. The first-order valence-electron chi connectivity index (χ1n) is 10.5. The molecule has 3 aromatic rings. The summed E-state index contributed by atoms with van der Waals surface area (Å²) in [5, 5.41) is 8.35. The average Bonchev–Trinajstić information content (AvgIpc) is 3.47. The number of nitrogens with one attached hydrogen (secondary N) is 1. The highest BCUT2D eigenvalue weighted by atomic mass is 19.1. The molecule has 0 bridgehead atoms. The molecule has 5 rings (SSSR count). The minimum atomic E-state index is -0.304. The predicted molar refractivity (Wildman–Crippen MR) is 106 cm³/mol. The Balaban J connectivity index is 1.33. The summed E-state index contributed by atoms with van der Waals surface area (Å²) in [7, 11) is 0. The van der Waals surface area contributed by atoms with E-state index in [0.29, 0.717) is 35.0 Å². The van der Waals surface area contributed by atoms with E-state index < -0.39 is 0 Å². The lowest BCUT2D eigenvalue weighted by atomic mass is 9.89. The number of carbonyl (C=O) groups is 1. The highest BCUT2D eigenvalue weighted by Crippen LogP contribution is 2.32. The zero-order chi connectivity index (χ0) is 19.8. The lowest BCUT2D eigenvalue weighted by molar-refractivity contribution is 0.0724. The van der Waals surface area contributed by atoms with Crippen molar-refractivity contribution >= 4 is 16.9 Å². The number of fused-ring (bicyclic) bond motifs is 1. The van der Waals surface area contributed by atoms with Gasteiger partial charge in [-0.05, 0) is 49.8 Å². The topological polar surface area (TPSA) is 79.7 Å². The fourth-order valence-corrected chi connectivity index (χ4v) is 4.72. The van der Waals surface area contributed by atoms with Gasteiger partial charge in [-0.25, -0.2) is 9.37 Å². The molecular weight excluding hydrogens is 371 g/mol. The minimum absolute atomic E-state index is 0.117. The van der Waals surface area contributed by atoms with Crippen LogP contribution in [-0.4, -0.2) is 42.3 Å². The van der Waals surface area contributed by atoms with E-state index in [0.717, 1.165) is 19.4 Å². The Morgan fingerprint density at radius 3 is 2.90 bits per heavy atom. The Labute approximate surface area is 168 Å². The van der Waals surface area contributed by atoms with Crippen LogP contribution in [0.1, 0.15) is 67.3 Å². The van der Waals surface area contributed by atoms with Gasteiger partial charge in [0.1, 0.15) is 11.6 Å². The van der Waals surface area contributed by atoms with E-state index in [1.807, 2.05) is 9.58 Å². The molecule has 0 radical (unpaired) electrons. The molecule has 3 heterocycles. The molecule has 1 aromatic carbocycles. The van der Waals surface area contributed by atoms with E-state index in [1.54, 1.807) is 12.3 Å². The van der Waals surface area contributed by atoms with Crippen LogP contribution in [0.25, 0.3) is 11.0 Å². The second-order valence-electron chi connectivity index (χ2n) is 8.27. The summed E-state index contributed by atoms with van der Waals surface area (Å²) in [4.78, 5) is 22.7. The summed E-state index contributed by atoms with van der Waals surface area (Å²) < 4.78 is 15.3. The van der Waals surface area contributed by atoms with Crippen molar-refractivity contribution in [3.05, 3.63) is 41.7 Å². The summed E-state index contributed by atoms with van der Waals surface area (Å²) >= 11 is 0. The number of carbonyl (C=O) groups excluding carboxylic acids is 1. The number of benzene rings is 1. The first kappa shape index (κ1) is 18.3. The third-order valence-electron chi connectivity index (χ3n) is 6.22. The molecular formula is C21H25FN6O. The molecule has 8 heteroatoms. The Hall–Kier alpha value is -2.77. The largest absolute Gasteiger partial charge is 0.340 e. The van der Waals surface area contributed by atoms with Gasteiger partial charge in [0.05, 0.1) is 23.3 Å². The van der Waals surface area contributed by atoms with Crippen LogP contribution in [0.5, 0.6) is 0 Å². The average molecular weight is 396 g/mol. The Morgan fingerprint density at radius 2 is 2.03 bits per heavy atom. The van der Waals surface area contributed by atoms with Crippen LogP contribution in [-0.2, 0) is 6.54 Å². The van der Waals surface area contributed by atoms with Crippen LogP contribution in [0.3, 0.4) is 0 Å². The fourth-order valence-electron chi connectivity index (χ4n) is 4.72. The maximum Gasteiger partial charge on any atom is 0.276 e. The SMILES string of the molecule is O=C(c1cn(CC2CCCCC2)nn1)N1CCC[C@H]1c1nc2ccc(F)cc2[nH]1. The van der Waals surface area contributed by atoms with Gasteiger partial charge < -0.3 is 9.88 Å². The number of rotatable bonds is 4. The summed E-state index contributed by atoms with van der Waals surface area (Å²) in [5.41, 5.74) is 1.74. The molecule has 1 saturated heterocycles. The highest BCUT2D eigenvalue weighted by Gasteiger charge is 2.34. The Bertz CT molecular complexity index is 1020. The molecule has 0 spiro atoms. The van der Waals surface area contributed by atoms with Crippen molar-refractivity contribution in [2.24, 2.45) is 5.92 Å². The molecule has 2 aromatic heterocycles. The third kappa shape index (κ3) is 3.63. The molecule has 29 heavy (non-hydrogen) atoms. The number of nitrogens with zero attached hydrogens (tertiary/aromatic N) is 5. The fraction of sp³-hybridized carbons (Fsp3) is 0.524. The second-order valence-corrected chi connectivity index (χ2v) is 8.27. The van der Waals surface area contributed by atoms with E-state index in [2.05, 4.69) is 20.3 Å². The molecule has 1 aliphatic heterocycles. The van der Waals surface area contributed by atoms with Gasteiger partial charge in [-0.1, -0.05) is 24.5 Å². The number of aromatic nitrogens is 5. The van der Waals surface area contributed by atoms with E-state index in [9.17, 15) is 9.18 Å². The van der Waals surface area contributed by atoms with Crippen molar-refractivity contribution in [3.8, 4) is 0 Å². The van der Waals surface area contributed by atoms with Crippen molar-refractivity contribution in [1.82, 2.24) is 29.9 Å². The Morgan fingerprint density at radius 1 is 1.17 bits per heavy atom. The Kier molecular flexibility index (Phi) is 4.77. The number of amides is 1. The smallest absolute Gasteiger partial charge is 0.276 e. The summed E-state index contributed by atoms with van der Waals surface area (Å²) in [6.07, 6.45) is 9.84. The molecule has 1 amide bonds. The van der Waals surface area contributed by atoms with Gasteiger partial charge in [0.2, 0.25) is 0 Å². The summed E-state index contributed by atoms with van der Waals surface area (Å²) in [5.74, 6) is 0.908. The van der Waals surface area contributed by atoms with Crippen LogP contribution in [0, 0.1) is 11.7 Å². The van der Waals surface area contributed by atoms with Crippen LogP contribution in [0.15, 0.2) is 24.4 Å². The number of H-pyrrole nitrogens is 1. The lowest BCUT2D eigenvalue weighted by Gasteiger charge is -2.22. The van der Waals surface area contributed by atoms with Crippen molar-refractivity contribution < 1.29 is 9.18 Å². The van der Waals surface area contributed by atoms with E-state index in [4.69, 9.17) is 0 Å². The van der Waals surface area contributed by atoms with Gasteiger partial charge in [-0.2, -0.15) is 0 Å². The van der Waals surface area contributed by atoms with Gasteiger partial charge in [-0.15, -0.1) is 5.10 Å². The quantitative estimate of drug-likeness (QED) is 0.726. The number of likely N-dealkylation sites (tertiary alicyclic amines) is 1. The predicted octanol–water partition coefficient (Wildman–Crippen LogP) is 3.85. The van der Waals surface area contributed by atoms with Gasteiger partial charge in [0.25, 0.3) is 5.91 Å². The normalized spacial score (nSPS) is 20.6. The number of hydrogen-bond acceptors (Lipinski definition) is 4. The molecule has 1 N–H and O–H groups in total. The molecule has 1 saturated carbocycles. The number of hydrogen-bond donors (Lipinski definition) is 1. The third-order valence-corrected chi connectivity index (χ3v) is 6.22. The molecule has 1 atom stereocenters. The van der Waals surface area contributed by atoms with Crippen LogP contribution < -0.4 is 0 Å². The second kappa shape index (κ2) is 7.57. The van der Waals surface area contributed by atoms with E-state index in [-0.39, 0.29) is 17.8 Å². The molecule has 2 aliphatic rings. The van der Waals surface area contributed by atoms with Crippen LogP contribution in [0.2, 0.25) is 0 Å². The number of halogens is 1. The van der Waals surface area contributed by atoms with Gasteiger partial charge >= 0.3 is 0 Å². The molecule has 152 valence electrons. The number of imidazole rings is 1. The standard InChI is InChI=1S/C21H25FN6O/c22-15-8-9-16-17(11-15)24-20(23-16)19-7-4-10-28(19)21(29)18-13-27(26-25-18)12-14-5-2-1-3-6-14/h8-9,11,13-14,19H,1-7,10,12H2,(H,23,24)/t19-/m0/s1. The van der Waals surface area contributed by atoms with Gasteiger partial charge in [0, 0.05) is 13.1 Å². The van der Waals surface area contributed by atoms with Crippen LogP contribution in [0.4, 0.5) is 4.39 Å². The zero-order valence-corrected chi connectivity index (χ0v) is 16.4. The maximum absolute atomic E-state index is 13.5. The van der Waals surface area contributed by atoms with Crippen molar-refractivity contribution in [3.63, 3.8) is 0 Å². The van der Waals surface area contributed by atoms with Gasteiger partial charge in [0.15, 0.2) is 5.69 Å². The lowest BCUT2D eigenvalue weighted by Crippen LogP contribution is -2.31. The van der Waals surface area contributed by atoms with E-state index in [1.165, 1.54) is 44.2 Å². The van der Waals surface area contributed by atoms with Gasteiger partial charge in [-0.3, -0.25) is 9.48 Å². The highest BCUT2D eigenvalue weighted by molar-refractivity contribution is 5.92.